The summed E-state index contributed by atoms with van der Waals surface area (Å²) in [5, 5.41) is 32.0. The Morgan fingerprint density at radius 3 is 3.00 bits per heavy atom. The Kier molecular flexibility index (Phi) is 6.49. The van der Waals surface area contributed by atoms with Crippen molar-refractivity contribution in [3.8, 4) is 16.8 Å². The van der Waals surface area contributed by atoms with Crippen LogP contribution in [0, 0.1) is 18.3 Å². The molecule has 4 unspecified atom stereocenters. The number of rotatable bonds is 5. The van der Waals surface area contributed by atoms with Gasteiger partial charge in [0.15, 0.2) is 5.69 Å². The number of aryl methyl sites for hydroxylation is 1. The highest BCUT2D eigenvalue weighted by molar-refractivity contribution is 9.10. The lowest BCUT2D eigenvalue weighted by Crippen LogP contribution is -2.57. The van der Waals surface area contributed by atoms with Gasteiger partial charge in [0.25, 0.3) is 0 Å². The Hall–Kier alpha value is -1.92. The van der Waals surface area contributed by atoms with Crippen LogP contribution in [0.25, 0.3) is 10.7 Å². The van der Waals surface area contributed by atoms with Gasteiger partial charge in [0.05, 0.1) is 12.8 Å². The van der Waals surface area contributed by atoms with E-state index in [4.69, 9.17) is 14.2 Å². The summed E-state index contributed by atoms with van der Waals surface area (Å²) in [6.07, 6.45) is 1.71. The standard InChI is InChI=1S/C21H21BrN6O4S2/c1-10-8-33-19(25-10)13-7-28(27-26-13)15-16-18(21(2,29)9-31-16)32-20(17(15)30-3)34-14-4-11(22)6-24-12(14)5-23/h4,6-8,15-18,20,29H,9H2,1-3H3/t15?,16-,17?,18?,20-,21?/m1/s1. The van der Waals surface area contributed by atoms with E-state index in [1.54, 1.807) is 24.9 Å². The molecule has 5 heterocycles. The lowest BCUT2D eigenvalue weighted by molar-refractivity contribution is -0.182. The van der Waals surface area contributed by atoms with E-state index in [0.29, 0.717) is 10.6 Å². The molecule has 2 aliphatic heterocycles. The second-order valence-corrected chi connectivity index (χ2v) is 11.3. The molecule has 1 N–H and O–H groups in total. The molecule has 2 saturated heterocycles. The second-order valence-electron chi connectivity index (χ2n) is 8.36. The average Bonchev–Trinajstić information content (AvgIpc) is 3.52. The summed E-state index contributed by atoms with van der Waals surface area (Å²) in [5.41, 5.74) is 0.0550. The van der Waals surface area contributed by atoms with Gasteiger partial charge >= 0.3 is 0 Å². The third kappa shape index (κ3) is 4.28. The number of ether oxygens (including phenoxy) is 3. The highest BCUT2D eigenvalue weighted by Gasteiger charge is 2.58. The molecular weight excluding hydrogens is 544 g/mol. The summed E-state index contributed by atoms with van der Waals surface area (Å²) in [7, 11) is 1.59. The number of thiazole rings is 1. The minimum absolute atomic E-state index is 0.113. The molecular formula is C21H21BrN6O4S2. The summed E-state index contributed by atoms with van der Waals surface area (Å²) in [6, 6.07) is 3.49. The van der Waals surface area contributed by atoms with Gasteiger partial charge in [-0.3, -0.25) is 0 Å². The lowest BCUT2D eigenvalue weighted by Gasteiger charge is -2.44. The van der Waals surface area contributed by atoms with E-state index in [-0.39, 0.29) is 12.3 Å². The highest BCUT2D eigenvalue weighted by atomic mass is 79.9. The Morgan fingerprint density at radius 1 is 1.47 bits per heavy atom. The van der Waals surface area contributed by atoms with E-state index >= 15 is 0 Å². The first-order valence-electron chi connectivity index (χ1n) is 10.4. The number of hydrogen-bond donors (Lipinski definition) is 1. The molecule has 3 aromatic heterocycles. The summed E-state index contributed by atoms with van der Waals surface area (Å²) in [5.74, 6) is 0. The van der Waals surface area contributed by atoms with Crippen LogP contribution in [-0.4, -0.2) is 73.1 Å². The molecule has 0 bridgehead atoms. The molecule has 0 radical (unpaired) electrons. The van der Waals surface area contributed by atoms with Crippen LogP contribution in [0.15, 0.2) is 33.2 Å². The predicted molar refractivity (Wildman–Crippen MR) is 127 cm³/mol. The fourth-order valence-corrected chi connectivity index (χ4v) is 6.68. The fraction of sp³-hybridized carbons (Fsp3) is 0.476. The first-order chi connectivity index (χ1) is 16.3. The summed E-state index contributed by atoms with van der Waals surface area (Å²) >= 11 is 6.23. The van der Waals surface area contributed by atoms with Crippen molar-refractivity contribution in [1.29, 1.82) is 5.26 Å². The van der Waals surface area contributed by atoms with Crippen molar-refractivity contribution in [3.63, 3.8) is 0 Å². The average molecular weight is 565 g/mol. The van der Waals surface area contributed by atoms with Gasteiger partial charge < -0.3 is 19.3 Å². The van der Waals surface area contributed by atoms with Crippen LogP contribution in [0.3, 0.4) is 0 Å². The zero-order chi connectivity index (χ0) is 24.0. The molecule has 3 aromatic rings. The van der Waals surface area contributed by atoms with Crippen molar-refractivity contribution in [3.05, 3.63) is 39.7 Å². The van der Waals surface area contributed by atoms with E-state index in [9.17, 15) is 10.4 Å². The smallest absolute Gasteiger partial charge is 0.154 e. The number of methoxy groups -OCH3 is 1. The maximum absolute atomic E-state index is 11.0. The van der Waals surface area contributed by atoms with E-state index in [2.05, 4.69) is 42.3 Å². The number of hydrogen-bond acceptors (Lipinski definition) is 11. The number of thioether (sulfide) groups is 1. The molecule has 5 rings (SSSR count). The van der Waals surface area contributed by atoms with Gasteiger partial charge in [0, 0.05) is 33.7 Å². The number of nitriles is 1. The van der Waals surface area contributed by atoms with Crippen molar-refractivity contribution in [2.45, 2.75) is 54.1 Å². The first kappa shape index (κ1) is 23.8. The first-order valence-corrected chi connectivity index (χ1v) is 12.9. The molecule has 0 amide bonds. The van der Waals surface area contributed by atoms with Gasteiger partial charge in [-0.2, -0.15) is 5.26 Å². The predicted octanol–water partition coefficient (Wildman–Crippen LogP) is 2.96. The molecule has 6 atom stereocenters. The van der Waals surface area contributed by atoms with Gasteiger partial charge in [-0.1, -0.05) is 17.0 Å². The second kappa shape index (κ2) is 9.27. The van der Waals surface area contributed by atoms with Crippen molar-refractivity contribution >= 4 is 39.0 Å². The van der Waals surface area contributed by atoms with E-state index < -0.39 is 35.4 Å². The highest BCUT2D eigenvalue weighted by Crippen LogP contribution is 2.46. The molecule has 10 nitrogen and oxygen atoms in total. The van der Waals surface area contributed by atoms with Crippen LogP contribution >= 0.6 is 39.0 Å². The van der Waals surface area contributed by atoms with Gasteiger partial charge in [-0.25, -0.2) is 14.6 Å². The number of aliphatic hydroxyl groups is 1. The maximum atomic E-state index is 11.0. The SMILES string of the molecule is COC1C(n2cc(-c3nc(C)cs3)nn2)[C@H]2OCC(C)(O)C2O[C@@H]1Sc1cc(Br)cnc1C#N. The van der Waals surface area contributed by atoms with Crippen LogP contribution < -0.4 is 0 Å². The van der Waals surface area contributed by atoms with Crippen molar-refractivity contribution in [2.24, 2.45) is 0 Å². The van der Waals surface area contributed by atoms with Gasteiger partial charge in [0.1, 0.15) is 52.2 Å². The molecule has 2 aliphatic rings. The maximum Gasteiger partial charge on any atom is 0.154 e. The van der Waals surface area contributed by atoms with E-state index in [1.165, 1.54) is 23.1 Å². The van der Waals surface area contributed by atoms with Gasteiger partial charge in [-0.15, -0.1) is 16.4 Å². The topological polar surface area (TPSA) is 128 Å². The number of fused-ring (bicyclic) bond motifs is 1. The third-order valence-electron chi connectivity index (χ3n) is 5.80. The van der Waals surface area contributed by atoms with Crippen molar-refractivity contribution in [2.75, 3.05) is 13.7 Å². The summed E-state index contributed by atoms with van der Waals surface area (Å²) in [6.45, 7) is 3.73. The molecule has 178 valence electrons. The Morgan fingerprint density at radius 2 is 2.29 bits per heavy atom. The lowest BCUT2D eigenvalue weighted by atomic mass is 9.90. The zero-order valence-electron chi connectivity index (χ0n) is 18.5. The van der Waals surface area contributed by atoms with Gasteiger partial charge in [0.2, 0.25) is 0 Å². The van der Waals surface area contributed by atoms with Crippen LogP contribution in [0.4, 0.5) is 0 Å². The zero-order valence-corrected chi connectivity index (χ0v) is 21.7. The molecule has 0 aliphatic carbocycles. The molecule has 34 heavy (non-hydrogen) atoms. The summed E-state index contributed by atoms with van der Waals surface area (Å²) in [4.78, 5) is 9.32. The molecule has 0 spiro atoms. The van der Waals surface area contributed by atoms with Gasteiger partial charge in [-0.05, 0) is 35.8 Å². The van der Waals surface area contributed by atoms with Crippen LogP contribution in [-0.2, 0) is 14.2 Å². The van der Waals surface area contributed by atoms with Crippen LogP contribution in [0.2, 0.25) is 0 Å². The molecule has 2 fully saturated rings. The minimum Gasteiger partial charge on any atom is -0.385 e. The molecule has 13 heteroatoms. The molecule has 0 aromatic carbocycles. The number of pyridine rings is 1. The number of nitrogens with zero attached hydrogens (tertiary/aromatic N) is 6. The Bertz CT molecular complexity index is 1240. The van der Waals surface area contributed by atoms with Crippen molar-refractivity contribution in [1.82, 2.24) is 25.0 Å². The quantitative estimate of drug-likeness (QED) is 0.493. The Labute approximate surface area is 212 Å². The number of aromatic nitrogens is 5. The minimum atomic E-state index is -1.20. The van der Waals surface area contributed by atoms with E-state index in [0.717, 1.165) is 15.2 Å². The summed E-state index contributed by atoms with van der Waals surface area (Å²) < 4.78 is 20.7. The van der Waals surface area contributed by atoms with Crippen LogP contribution in [0.5, 0.6) is 0 Å². The third-order valence-corrected chi connectivity index (χ3v) is 8.39. The van der Waals surface area contributed by atoms with Crippen LogP contribution in [0.1, 0.15) is 24.4 Å². The normalized spacial score (nSPS) is 30.8. The monoisotopic (exact) mass is 564 g/mol. The largest absolute Gasteiger partial charge is 0.385 e. The fourth-order valence-electron chi connectivity index (χ4n) is 4.22. The van der Waals surface area contributed by atoms with Crippen molar-refractivity contribution < 1.29 is 19.3 Å². The number of halogens is 1. The Balaban J connectivity index is 1.53. The molecule has 0 saturated carbocycles. The van der Waals surface area contributed by atoms with E-state index in [1.807, 2.05) is 24.6 Å².